The van der Waals surface area contributed by atoms with Crippen LogP contribution in [0.25, 0.3) is 0 Å². The summed E-state index contributed by atoms with van der Waals surface area (Å²) in [6.07, 6.45) is 3.11. The molecule has 3 amide bonds. The van der Waals surface area contributed by atoms with E-state index < -0.39 is 5.54 Å². The number of rotatable bonds is 3. The van der Waals surface area contributed by atoms with Crippen LogP contribution in [0, 0.1) is 0 Å². The molecule has 0 unspecified atom stereocenters. The summed E-state index contributed by atoms with van der Waals surface area (Å²) >= 11 is 0. The topological polar surface area (TPSA) is 64.7 Å². The van der Waals surface area contributed by atoms with Crippen molar-refractivity contribution in [1.29, 1.82) is 0 Å². The number of urea groups is 1. The quantitative estimate of drug-likeness (QED) is 0.786. The van der Waals surface area contributed by atoms with Crippen LogP contribution < -0.4 is 10.6 Å². The lowest BCUT2D eigenvalue weighted by atomic mass is 9.87. The number of piperidine rings is 2. The highest BCUT2D eigenvalue weighted by Crippen LogP contribution is 2.32. The zero-order valence-electron chi connectivity index (χ0n) is 14.9. The Bertz CT molecular complexity index is 640. The van der Waals surface area contributed by atoms with Crippen molar-refractivity contribution in [2.75, 3.05) is 26.2 Å². The molecular formula is C19H27ClN4O2. The first-order chi connectivity index (χ1) is 12.2. The zero-order valence-corrected chi connectivity index (χ0v) is 15.8. The molecule has 0 aliphatic carbocycles. The minimum atomic E-state index is -0.671. The summed E-state index contributed by atoms with van der Waals surface area (Å²) in [5, 5.41) is 6.33. The number of carbonyl (C=O) groups excluding carboxylic acids is 2. The number of hydrogen-bond donors (Lipinski definition) is 2. The van der Waals surface area contributed by atoms with Crippen LogP contribution in [0.2, 0.25) is 0 Å². The molecule has 3 fully saturated rings. The van der Waals surface area contributed by atoms with Crippen molar-refractivity contribution in [2.24, 2.45) is 0 Å². The molecule has 3 aliphatic rings. The lowest BCUT2D eigenvalue weighted by Crippen LogP contribution is -2.55. The number of nitrogens with one attached hydrogen (secondary N) is 2. The molecule has 2 N–H and O–H groups in total. The summed E-state index contributed by atoms with van der Waals surface area (Å²) in [6, 6.07) is 10.3. The number of benzene rings is 1. The molecule has 7 heteroatoms. The largest absolute Gasteiger partial charge is 0.325 e. The maximum absolute atomic E-state index is 13.1. The third-order valence-electron chi connectivity index (χ3n) is 5.83. The van der Waals surface area contributed by atoms with Gasteiger partial charge < -0.3 is 10.6 Å². The highest BCUT2D eigenvalue weighted by molar-refractivity contribution is 6.07. The average molecular weight is 379 g/mol. The van der Waals surface area contributed by atoms with Crippen molar-refractivity contribution >= 4 is 24.3 Å². The third-order valence-corrected chi connectivity index (χ3v) is 5.83. The van der Waals surface area contributed by atoms with E-state index in [-0.39, 0.29) is 30.4 Å². The van der Waals surface area contributed by atoms with Gasteiger partial charge in [0.05, 0.1) is 0 Å². The van der Waals surface area contributed by atoms with E-state index in [1.807, 2.05) is 6.07 Å². The number of likely N-dealkylation sites (tertiary alicyclic amines) is 1. The second-order valence-corrected chi connectivity index (χ2v) is 7.43. The van der Waals surface area contributed by atoms with E-state index >= 15 is 0 Å². The molecule has 4 rings (SSSR count). The number of nitrogens with zero attached hydrogens (tertiary/aromatic N) is 2. The minimum absolute atomic E-state index is 0. The van der Waals surface area contributed by atoms with Crippen molar-refractivity contribution in [3.63, 3.8) is 0 Å². The Labute approximate surface area is 160 Å². The van der Waals surface area contributed by atoms with Crippen molar-refractivity contribution in [3.05, 3.63) is 35.9 Å². The molecule has 1 spiro atoms. The predicted octanol–water partition coefficient (Wildman–Crippen LogP) is 1.75. The van der Waals surface area contributed by atoms with Crippen LogP contribution in [0.15, 0.2) is 30.3 Å². The van der Waals surface area contributed by atoms with E-state index in [2.05, 4.69) is 39.8 Å². The van der Waals surface area contributed by atoms with E-state index in [1.54, 1.807) is 0 Å². The summed E-state index contributed by atoms with van der Waals surface area (Å²) in [5.41, 5.74) is 0.617. The minimum Gasteiger partial charge on any atom is -0.323 e. The molecule has 0 bridgehead atoms. The second-order valence-electron chi connectivity index (χ2n) is 7.43. The van der Waals surface area contributed by atoms with Crippen molar-refractivity contribution in [1.82, 2.24) is 20.4 Å². The van der Waals surface area contributed by atoms with Gasteiger partial charge in [0, 0.05) is 25.7 Å². The molecule has 0 radical (unpaired) electrons. The van der Waals surface area contributed by atoms with Gasteiger partial charge in [0.2, 0.25) is 0 Å². The van der Waals surface area contributed by atoms with Crippen LogP contribution in [0.4, 0.5) is 4.79 Å². The smallest absolute Gasteiger partial charge is 0.323 e. The summed E-state index contributed by atoms with van der Waals surface area (Å²) in [7, 11) is 0. The molecule has 3 saturated heterocycles. The maximum atomic E-state index is 13.1. The van der Waals surface area contributed by atoms with Gasteiger partial charge in [-0.3, -0.25) is 14.6 Å². The van der Waals surface area contributed by atoms with Gasteiger partial charge in [-0.2, -0.15) is 0 Å². The molecule has 1 aromatic rings. The summed E-state index contributed by atoms with van der Waals surface area (Å²) in [4.78, 5) is 29.4. The fourth-order valence-corrected chi connectivity index (χ4v) is 4.31. The fourth-order valence-electron chi connectivity index (χ4n) is 4.31. The molecule has 26 heavy (non-hydrogen) atoms. The molecule has 0 aromatic heterocycles. The summed E-state index contributed by atoms with van der Waals surface area (Å²) < 4.78 is 0. The molecule has 3 heterocycles. The van der Waals surface area contributed by atoms with E-state index in [4.69, 9.17) is 0 Å². The van der Waals surface area contributed by atoms with Crippen LogP contribution in [0.1, 0.15) is 31.2 Å². The Kier molecular flexibility index (Phi) is 5.85. The Balaban J connectivity index is 0.00000196. The molecular weight excluding hydrogens is 352 g/mol. The molecule has 6 nitrogen and oxygen atoms in total. The zero-order chi connectivity index (χ0) is 17.3. The van der Waals surface area contributed by atoms with Gasteiger partial charge in [0.1, 0.15) is 5.54 Å². The van der Waals surface area contributed by atoms with E-state index in [9.17, 15) is 9.59 Å². The average Bonchev–Trinajstić information content (AvgIpc) is 2.89. The van der Waals surface area contributed by atoms with Crippen molar-refractivity contribution < 1.29 is 9.59 Å². The molecule has 142 valence electrons. The Morgan fingerprint density at radius 2 is 1.69 bits per heavy atom. The molecule has 0 atom stereocenters. The van der Waals surface area contributed by atoms with Crippen LogP contribution in [0.3, 0.4) is 0 Å². The van der Waals surface area contributed by atoms with Crippen LogP contribution in [0.5, 0.6) is 0 Å². The lowest BCUT2D eigenvalue weighted by molar-refractivity contribution is -0.134. The molecule has 0 saturated carbocycles. The second kappa shape index (κ2) is 7.94. The fraction of sp³-hybridized carbons (Fsp3) is 0.579. The highest BCUT2D eigenvalue weighted by atomic mass is 35.5. The number of imide groups is 1. The van der Waals surface area contributed by atoms with E-state index in [0.29, 0.717) is 12.8 Å². The first-order valence-electron chi connectivity index (χ1n) is 9.31. The lowest BCUT2D eigenvalue weighted by Gasteiger charge is -2.38. The van der Waals surface area contributed by atoms with Gasteiger partial charge in [-0.15, -0.1) is 12.4 Å². The van der Waals surface area contributed by atoms with Crippen LogP contribution in [-0.2, 0) is 11.3 Å². The molecule has 1 aromatic carbocycles. The van der Waals surface area contributed by atoms with E-state index in [1.165, 1.54) is 10.5 Å². The van der Waals surface area contributed by atoms with Gasteiger partial charge in [0.15, 0.2) is 0 Å². The van der Waals surface area contributed by atoms with Gasteiger partial charge in [-0.05, 0) is 44.3 Å². The first kappa shape index (κ1) is 19.1. The van der Waals surface area contributed by atoms with Crippen molar-refractivity contribution in [2.45, 2.75) is 43.8 Å². The standard InChI is InChI=1S/C19H26N4O2.ClH/c24-17-19(21-18(25)23(17)16-6-10-20-11-7-16)8-12-22(13-9-19)14-15-4-2-1-3-5-15;/h1-5,16,20H,6-14H2,(H,21,25);1H. The van der Waals surface area contributed by atoms with Gasteiger partial charge in [-0.25, -0.2) is 4.79 Å². The number of halogens is 1. The Morgan fingerprint density at radius 3 is 2.35 bits per heavy atom. The monoisotopic (exact) mass is 378 g/mol. The Hall–Kier alpha value is -1.63. The van der Waals surface area contributed by atoms with Crippen LogP contribution >= 0.6 is 12.4 Å². The number of carbonyl (C=O) groups is 2. The normalized spacial score (nSPS) is 23.8. The highest BCUT2D eigenvalue weighted by Gasteiger charge is 2.54. The first-order valence-corrected chi connectivity index (χ1v) is 9.31. The maximum Gasteiger partial charge on any atom is 0.325 e. The van der Waals surface area contributed by atoms with Crippen LogP contribution in [-0.4, -0.2) is 59.5 Å². The van der Waals surface area contributed by atoms with Crippen molar-refractivity contribution in [3.8, 4) is 0 Å². The number of hydrogen-bond acceptors (Lipinski definition) is 4. The van der Waals surface area contributed by atoms with Gasteiger partial charge in [0.25, 0.3) is 5.91 Å². The SMILES string of the molecule is Cl.O=C1NC2(CCN(Cc3ccccc3)CC2)C(=O)N1C1CCNCC1. The predicted molar refractivity (Wildman–Crippen MR) is 102 cm³/mol. The van der Waals surface area contributed by atoms with E-state index in [0.717, 1.165) is 45.6 Å². The summed E-state index contributed by atoms with van der Waals surface area (Å²) in [5.74, 6) is 0.00348. The van der Waals surface area contributed by atoms with Gasteiger partial charge in [-0.1, -0.05) is 30.3 Å². The Morgan fingerprint density at radius 1 is 1.04 bits per heavy atom. The molecule has 3 aliphatic heterocycles. The third kappa shape index (κ3) is 3.59. The summed E-state index contributed by atoms with van der Waals surface area (Å²) in [6.45, 7) is 4.32. The number of amides is 3. The van der Waals surface area contributed by atoms with Gasteiger partial charge >= 0.3 is 6.03 Å².